The number of anilines is 1. The van der Waals surface area contributed by atoms with E-state index >= 15 is 0 Å². The molecular formula is C22H24N2O3. The molecule has 0 saturated heterocycles. The number of benzene rings is 3. The Hall–Kier alpha value is -3.18. The van der Waals surface area contributed by atoms with Crippen LogP contribution < -0.4 is 25.7 Å². The molecule has 0 saturated carbocycles. The van der Waals surface area contributed by atoms with Crippen LogP contribution in [-0.2, 0) is 6.61 Å². The van der Waals surface area contributed by atoms with Crippen molar-refractivity contribution in [2.24, 2.45) is 5.73 Å². The van der Waals surface area contributed by atoms with Gasteiger partial charge in [0.1, 0.15) is 23.9 Å². The Morgan fingerprint density at radius 1 is 0.741 bits per heavy atom. The maximum absolute atomic E-state index is 6.06. The molecule has 3 aromatic carbocycles. The van der Waals surface area contributed by atoms with E-state index in [-0.39, 0.29) is 0 Å². The molecule has 5 heteroatoms. The van der Waals surface area contributed by atoms with Gasteiger partial charge in [-0.2, -0.15) is 0 Å². The lowest BCUT2D eigenvalue weighted by Crippen LogP contribution is -2.06. The van der Waals surface area contributed by atoms with E-state index in [9.17, 15) is 0 Å². The molecule has 0 aliphatic carbocycles. The van der Waals surface area contributed by atoms with Crippen molar-refractivity contribution in [3.05, 3.63) is 78.4 Å². The molecule has 3 rings (SSSR count). The average Bonchev–Trinajstić information content (AvgIpc) is 2.70. The van der Waals surface area contributed by atoms with Gasteiger partial charge in [0.2, 0.25) is 0 Å². The van der Waals surface area contributed by atoms with Crippen molar-refractivity contribution in [1.82, 2.24) is 0 Å². The summed E-state index contributed by atoms with van der Waals surface area (Å²) in [6.07, 6.45) is 0.802. The normalized spacial score (nSPS) is 10.4. The van der Waals surface area contributed by atoms with Crippen molar-refractivity contribution >= 4 is 5.69 Å². The van der Waals surface area contributed by atoms with Crippen LogP contribution >= 0.6 is 0 Å². The Morgan fingerprint density at radius 2 is 1.44 bits per heavy atom. The monoisotopic (exact) mass is 364 g/mol. The van der Waals surface area contributed by atoms with Crippen LogP contribution in [0.25, 0.3) is 0 Å². The molecule has 0 aromatic heterocycles. The lowest BCUT2D eigenvalue weighted by Gasteiger charge is -2.12. The summed E-state index contributed by atoms with van der Waals surface area (Å²) >= 11 is 0. The summed E-state index contributed by atoms with van der Waals surface area (Å²) in [5, 5.41) is 0. The Morgan fingerprint density at radius 3 is 2.15 bits per heavy atom. The molecule has 0 aliphatic rings. The molecule has 0 heterocycles. The molecule has 3 aromatic rings. The second kappa shape index (κ2) is 9.50. The predicted molar refractivity (Wildman–Crippen MR) is 107 cm³/mol. The first kappa shape index (κ1) is 18.6. The predicted octanol–water partition coefficient (Wildman–Crippen LogP) is 4.37. The second-order valence-corrected chi connectivity index (χ2v) is 6.04. The summed E-state index contributed by atoms with van der Waals surface area (Å²) < 4.78 is 17.2. The van der Waals surface area contributed by atoms with Crippen LogP contribution in [0.15, 0.2) is 72.8 Å². The van der Waals surface area contributed by atoms with E-state index in [1.54, 1.807) is 12.1 Å². The van der Waals surface area contributed by atoms with Crippen molar-refractivity contribution in [2.75, 3.05) is 18.9 Å². The van der Waals surface area contributed by atoms with Crippen LogP contribution in [-0.4, -0.2) is 13.2 Å². The molecular weight excluding hydrogens is 340 g/mol. The van der Waals surface area contributed by atoms with E-state index in [1.807, 2.05) is 60.7 Å². The van der Waals surface area contributed by atoms with Gasteiger partial charge >= 0.3 is 0 Å². The first-order valence-corrected chi connectivity index (χ1v) is 8.91. The summed E-state index contributed by atoms with van der Waals surface area (Å²) in [7, 11) is 0. The fourth-order valence-corrected chi connectivity index (χ4v) is 2.45. The van der Waals surface area contributed by atoms with Gasteiger partial charge in [0.05, 0.1) is 12.3 Å². The fourth-order valence-electron chi connectivity index (χ4n) is 2.45. The van der Waals surface area contributed by atoms with E-state index in [0.29, 0.717) is 42.7 Å². The Kier molecular flexibility index (Phi) is 6.55. The molecule has 0 fully saturated rings. The molecule has 0 amide bonds. The Labute approximate surface area is 159 Å². The number of hydrogen-bond acceptors (Lipinski definition) is 5. The van der Waals surface area contributed by atoms with Gasteiger partial charge in [0.25, 0.3) is 0 Å². The third-order valence-electron chi connectivity index (χ3n) is 3.90. The van der Waals surface area contributed by atoms with E-state index in [0.717, 1.165) is 17.7 Å². The molecule has 0 spiro atoms. The number of nitrogen functional groups attached to an aromatic ring is 1. The third kappa shape index (κ3) is 5.66. The molecule has 5 nitrogen and oxygen atoms in total. The Balaban J connectivity index is 1.56. The topological polar surface area (TPSA) is 79.7 Å². The minimum atomic E-state index is 0.518. The van der Waals surface area contributed by atoms with Crippen LogP contribution in [0.1, 0.15) is 12.0 Å². The van der Waals surface area contributed by atoms with Crippen molar-refractivity contribution in [3.63, 3.8) is 0 Å². The Bertz CT molecular complexity index is 836. The highest BCUT2D eigenvalue weighted by molar-refractivity contribution is 5.57. The lowest BCUT2D eigenvalue weighted by molar-refractivity contribution is 0.306. The van der Waals surface area contributed by atoms with Gasteiger partial charge < -0.3 is 25.7 Å². The first-order valence-electron chi connectivity index (χ1n) is 8.91. The van der Waals surface area contributed by atoms with E-state index < -0.39 is 0 Å². The highest BCUT2D eigenvalue weighted by Gasteiger charge is 2.05. The highest BCUT2D eigenvalue weighted by Crippen LogP contribution is 2.31. The van der Waals surface area contributed by atoms with Crippen molar-refractivity contribution in [2.45, 2.75) is 13.0 Å². The largest absolute Gasteiger partial charge is 0.493 e. The van der Waals surface area contributed by atoms with Crippen LogP contribution in [0.5, 0.6) is 23.0 Å². The summed E-state index contributed by atoms with van der Waals surface area (Å²) in [6.45, 7) is 1.70. The summed E-state index contributed by atoms with van der Waals surface area (Å²) in [6, 6.07) is 22.9. The highest BCUT2D eigenvalue weighted by atomic mass is 16.5. The maximum atomic E-state index is 6.06. The molecule has 0 atom stereocenters. The molecule has 0 radical (unpaired) electrons. The first-order chi connectivity index (χ1) is 13.2. The molecule has 27 heavy (non-hydrogen) atoms. The molecule has 0 bridgehead atoms. The number of ether oxygens (including phenoxy) is 3. The van der Waals surface area contributed by atoms with Crippen LogP contribution in [0.3, 0.4) is 0 Å². The van der Waals surface area contributed by atoms with E-state index in [1.165, 1.54) is 0 Å². The molecule has 0 unspecified atom stereocenters. The summed E-state index contributed by atoms with van der Waals surface area (Å²) in [5.74, 6) is 2.76. The van der Waals surface area contributed by atoms with E-state index in [4.69, 9.17) is 25.7 Å². The zero-order valence-corrected chi connectivity index (χ0v) is 15.1. The fraction of sp³-hybridized carbons (Fsp3) is 0.182. The third-order valence-corrected chi connectivity index (χ3v) is 3.90. The molecule has 0 aliphatic heterocycles. The van der Waals surface area contributed by atoms with Crippen LogP contribution in [0.2, 0.25) is 0 Å². The average molecular weight is 364 g/mol. The zero-order chi connectivity index (χ0) is 18.9. The van der Waals surface area contributed by atoms with Gasteiger partial charge in [-0.25, -0.2) is 0 Å². The van der Waals surface area contributed by atoms with Crippen LogP contribution in [0.4, 0.5) is 5.69 Å². The van der Waals surface area contributed by atoms with Gasteiger partial charge in [-0.05, 0) is 54.9 Å². The summed E-state index contributed by atoms with van der Waals surface area (Å²) in [5.41, 5.74) is 13.2. The minimum absolute atomic E-state index is 0.518. The van der Waals surface area contributed by atoms with E-state index in [2.05, 4.69) is 0 Å². The van der Waals surface area contributed by atoms with Gasteiger partial charge in [-0.1, -0.05) is 30.3 Å². The maximum Gasteiger partial charge on any atom is 0.150 e. The van der Waals surface area contributed by atoms with Gasteiger partial charge in [-0.3, -0.25) is 0 Å². The van der Waals surface area contributed by atoms with Crippen molar-refractivity contribution < 1.29 is 14.2 Å². The standard InChI is InChI=1S/C22H24N2O3/c23-13-4-14-25-20-11-12-22(21(24)15-20)27-19-9-7-18(8-10-19)26-16-17-5-2-1-3-6-17/h1-3,5-12,15H,4,13-14,16,23-24H2. The minimum Gasteiger partial charge on any atom is -0.493 e. The number of rotatable bonds is 9. The van der Waals surface area contributed by atoms with Crippen molar-refractivity contribution in [3.8, 4) is 23.0 Å². The summed E-state index contributed by atoms with van der Waals surface area (Å²) in [4.78, 5) is 0. The van der Waals surface area contributed by atoms with Gasteiger partial charge in [-0.15, -0.1) is 0 Å². The molecule has 4 N–H and O–H groups in total. The number of hydrogen-bond donors (Lipinski definition) is 2. The van der Waals surface area contributed by atoms with Crippen LogP contribution in [0, 0.1) is 0 Å². The molecule has 140 valence electrons. The van der Waals surface area contributed by atoms with Gasteiger partial charge in [0.15, 0.2) is 5.75 Å². The van der Waals surface area contributed by atoms with Gasteiger partial charge in [0, 0.05) is 6.07 Å². The zero-order valence-electron chi connectivity index (χ0n) is 15.1. The number of nitrogens with two attached hydrogens (primary N) is 2. The SMILES string of the molecule is NCCCOc1ccc(Oc2ccc(OCc3ccccc3)cc2)c(N)c1. The lowest BCUT2D eigenvalue weighted by atomic mass is 10.2. The van der Waals surface area contributed by atoms with Crippen molar-refractivity contribution in [1.29, 1.82) is 0 Å². The smallest absolute Gasteiger partial charge is 0.150 e. The quantitative estimate of drug-likeness (QED) is 0.435. The second-order valence-electron chi connectivity index (χ2n) is 6.04.